The van der Waals surface area contributed by atoms with Crippen molar-refractivity contribution in [2.75, 3.05) is 33.2 Å². The second-order valence-corrected chi connectivity index (χ2v) is 6.81. The zero-order chi connectivity index (χ0) is 12.4. The predicted octanol–water partition coefficient (Wildman–Crippen LogP) is 3.15. The molecule has 0 spiro atoms. The summed E-state index contributed by atoms with van der Waals surface area (Å²) in [7, 11) is 2.25. The van der Waals surface area contributed by atoms with Crippen LogP contribution >= 0.6 is 11.3 Å². The van der Waals surface area contributed by atoms with Gasteiger partial charge in [-0.3, -0.25) is 4.90 Å². The van der Waals surface area contributed by atoms with Crippen LogP contribution in [0.3, 0.4) is 0 Å². The Kier molecular flexibility index (Phi) is 3.73. The lowest BCUT2D eigenvalue weighted by molar-refractivity contribution is 0.0127. The van der Waals surface area contributed by atoms with Crippen molar-refractivity contribution >= 4 is 11.3 Å². The van der Waals surface area contributed by atoms with E-state index in [2.05, 4.69) is 34.4 Å². The van der Waals surface area contributed by atoms with Crippen LogP contribution in [-0.2, 0) is 5.54 Å². The number of nitrogens with zero attached hydrogens (tertiary/aromatic N) is 2. The minimum atomic E-state index is 0.383. The second kappa shape index (κ2) is 5.32. The van der Waals surface area contributed by atoms with Crippen LogP contribution in [0, 0.1) is 0 Å². The molecule has 0 N–H and O–H groups in total. The van der Waals surface area contributed by atoms with Crippen molar-refractivity contribution < 1.29 is 0 Å². The smallest absolute Gasteiger partial charge is 0.0554 e. The third-order valence-corrected chi connectivity index (χ3v) is 5.83. The van der Waals surface area contributed by atoms with Gasteiger partial charge in [-0.25, -0.2) is 0 Å². The molecule has 1 aliphatic heterocycles. The van der Waals surface area contributed by atoms with E-state index in [1.165, 1.54) is 58.3 Å². The quantitative estimate of drug-likeness (QED) is 0.809. The molecule has 100 valence electrons. The Bertz CT molecular complexity index is 360. The fourth-order valence-electron chi connectivity index (χ4n) is 3.63. The average molecular weight is 264 g/mol. The fraction of sp³-hybridized carbons (Fsp3) is 0.733. The van der Waals surface area contributed by atoms with Gasteiger partial charge in [0.15, 0.2) is 0 Å². The molecule has 1 saturated heterocycles. The van der Waals surface area contributed by atoms with Gasteiger partial charge in [0, 0.05) is 31.1 Å². The number of piperazine rings is 1. The zero-order valence-electron chi connectivity index (χ0n) is 11.4. The number of thiophene rings is 1. The molecule has 0 aromatic carbocycles. The molecule has 3 heteroatoms. The zero-order valence-corrected chi connectivity index (χ0v) is 12.2. The Hall–Kier alpha value is -0.380. The highest BCUT2D eigenvalue weighted by Gasteiger charge is 2.40. The summed E-state index contributed by atoms with van der Waals surface area (Å²) < 4.78 is 0. The van der Waals surface area contributed by atoms with Gasteiger partial charge in [-0.2, -0.15) is 0 Å². The van der Waals surface area contributed by atoms with Crippen LogP contribution in [0.15, 0.2) is 17.5 Å². The largest absolute Gasteiger partial charge is 0.304 e. The first kappa shape index (κ1) is 12.6. The molecule has 1 saturated carbocycles. The van der Waals surface area contributed by atoms with Gasteiger partial charge in [0.1, 0.15) is 0 Å². The SMILES string of the molecule is CN1CCN(C2(c3cccs3)CCCCC2)CC1. The Labute approximate surface area is 115 Å². The van der Waals surface area contributed by atoms with E-state index in [9.17, 15) is 0 Å². The van der Waals surface area contributed by atoms with E-state index in [0.29, 0.717) is 5.54 Å². The molecule has 0 bridgehead atoms. The van der Waals surface area contributed by atoms with Crippen LogP contribution in [0.1, 0.15) is 37.0 Å². The van der Waals surface area contributed by atoms with Crippen molar-refractivity contribution in [3.8, 4) is 0 Å². The molecule has 0 radical (unpaired) electrons. The molecule has 0 unspecified atom stereocenters. The van der Waals surface area contributed by atoms with Gasteiger partial charge >= 0.3 is 0 Å². The van der Waals surface area contributed by atoms with E-state index in [4.69, 9.17) is 0 Å². The maximum atomic E-state index is 2.79. The molecule has 2 nitrogen and oxygen atoms in total. The number of rotatable bonds is 2. The van der Waals surface area contributed by atoms with Gasteiger partial charge in [-0.15, -0.1) is 11.3 Å². The van der Waals surface area contributed by atoms with E-state index in [1.807, 2.05) is 11.3 Å². The van der Waals surface area contributed by atoms with Crippen molar-refractivity contribution in [1.29, 1.82) is 0 Å². The number of likely N-dealkylation sites (N-methyl/N-ethyl adjacent to an activating group) is 1. The Morgan fingerprint density at radius 3 is 2.39 bits per heavy atom. The minimum absolute atomic E-state index is 0.383. The monoisotopic (exact) mass is 264 g/mol. The van der Waals surface area contributed by atoms with Crippen LogP contribution in [0.4, 0.5) is 0 Å². The molecular weight excluding hydrogens is 240 g/mol. The summed E-state index contributed by atoms with van der Waals surface area (Å²) in [4.78, 5) is 6.87. The van der Waals surface area contributed by atoms with Crippen molar-refractivity contribution in [2.24, 2.45) is 0 Å². The van der Waals surface area contributed by atoms with E-state index in [-0.39, 0.29) is 0 Å². The Balaban J connectivity index is 1.85. The van der Waals surface area contributed by atoms with E-state index >= 15 is 0 Å². The highest BCUT2D eigenvalue weighted by atomic mass is 32.1. The molecule has 18 heavy (non-hydrogen) atoms. The Morgan fingerprint density at radius 1 is 1.06 bits per heavy atom. The fourth-order valence-corrected chi connectivity index (χ4v) is 4.65. The predicted molar refractivity (Wildman–Crippen MR) is 78.2 cm³/mol. The van der Waals surface area contributed by atoms with Crippen LogP contribution in [0.25, 0.3) is 0 Å². The van der Waals surface area contributed by atoms with Gasteiger partial charge in [0.2, 0.25) is 0 Å². The van der Waals surface area contributed by atoms with E-state index in [0.717, 1.165) is 0 Å². The molecule has 3 rings (SSSR count). The summed E-state index contributed by atoms with van der Waals surface area (Å²) in [6.45, 7) is 4.95. The van der Waals surface area contributed by atoms with Crippen molar-refractivity contribution in [1.82, 2.24) is 9.80 Å². The Morgan fingerprint density at radius 2 is 1.78 bits per heavy atom. The lowest BCUT2D eigenvalue weighted by atomic mass is 9.78. The summed E-state index contributed by atoms with van der Waals surface area (Å²) in [6.07, 6.45) is 6.99. The first-order valence-electron chi connectivity index (χ1n) is 7.29. The third-order valence-electron chi connectivity index (χ3n) is 4.77. The van der Waals surface area contributed by atoms with Gasteiger partial charge < -0.3 is 4.90 Å². The van der Waals surface area contributed by atoms with E-state index in [1.54, 1.807) is 4.88 Å². The van der Waals surface area contributed by atoms with Gasteiger partial charge in [0.05, 0.1) is 5.54 Å². The van der Waals surface area contributed by atoms with Crippen molar-refractivity contribution in [3.63, 3.8) is 0 Å². The first-order chi connectivity index (χ1) is 8.81. The molecule has 0 atom stereocenters. The summed E-state index contributed by atoms with van der Waals surface area (Å²) in [5.74, 6) is 0. The molecule has 1 aromatic heterocycles. The molecule has 1 aromatic rings. The number of hydrogen-bond acceptors (Lipinski definition) is 3. The second-order valence-electron chi connectivity index (χ2n) is 5.86. The van der Waals surface area contributed by atoms with Crippen LogP contribution in [0.5, 0.6) is 0 Å². The van der Waals surface area contributed by atoms with Crippen molar-refractivity contribution in [3.05, 3.63) is 22.4 Å². The van der Waals surface area contributed by atoms with Crippen LogP contribution < -0.4 is 0 Å². The summed E-state index contributed by atoms with van der Waals surface area (Å²) in [5, 5.41) is 2.25. The normalized spacial score (nSPS) is 26.3. The molecule has 2 aliphatic rings. The summed E-state index contributed by atoms with van der Waals surface area (Å²) >= 11 is 1.97. The average Bonchev–Trinajstić information content (AvgIpc) is 2.95. The van der Waals surface area contributed by atoms with Gasteiger partial charge in [0.25, 0.3) is 0 Å². The maximum absolute atomic E-state index is 2.79. The van der Waals surface area contributed by atoms with Gasteiger partial charge in [-0.05, 0) is 31.3 Å². The molecule has 1 aliphatic carbocycles. The third kappa shape index (κ3) is 2.24. The van der Waals surface area contributed by atoms with Crippen LogP contribution in [0.2, 0.25) is 0 Å². The summed E-state index contributed by atoms with van der Waals surface area (Å²) in [5.41, 5.74) is 0.383. The minimum Gasteiger partial charge on any atom is -0.304 e. The lowest BCUT2D eigenvalue weighted by Crippen LogP contribution is -2.55. The lowest BCUT2D eigenvalue weighted by Gasteiger charge is -2.49. The molecule has 2 fully saturated rings. The first-order valence-corrected chi connectivity index (χ1v) is 8.17. The highest BCUT2D eigenvalue weighted by Crippen LogP contribution is 2.44. The molecule has 2 heterocycles. The highest BCUT2D eigenvalue weighted by molar-refractivity contribution is 7.10. The molecule has 0 amide bonds. The summed E-state index contributed by atoms with van der Waals surface area (Å²) in [6, 6.07) is 4.60. The number of hydrogen-bond donors (Lipinski definition) is 0. The molecular formula is C15H24N2S. The maximum Gasteiger partial charge on any atom is 0.0554 e. The topological polar surface area (TPSA) is 6.48 Å². The standard InChI is InChI=1S/C15H24N2S/c1-16-9-11-17(12-10-16)15(7-3-2-4-8-15)14-6-5-13-18-14/h5-6,13H,2-4,7-12H2,1H3. The van der Waals surface area contributed by atoms with Crippen molar-refractivity contribution in [2.45, 2.75) is 37.6 Å². The van der Waals surface area contributed by atoms with Gasteiger partial charge in [-0.1, -0.05) is 25.3 Å². The van der Waals surface area contributed by atoms with E-state index < -0.39 is 0 Å². The van der Waals surface area contributed by atoms with Crippen LogP contribution in [-0.4, -0.2) is 43.0 Å².